The van der Waals surface area contributed by atoms with Crippen molar-refractivity contribution in [3.8, 4) is 0 Å². The highest BCUT2D eigenvalue weighted by Gasteiger charge is 2.45. The van der Waals surface area contributed by atoms with Crippen molar-refractivity contribution < 1.29 is 19.4 Å². The third-order valence-electron chi connectivity index (χ3n) is 3.72. The van der Waals surface area contributed by atoms with Crippen LogP contribution in [0.1, 0.15) is 25.7 Å². The van der Waals surface area contributed by atoms with Gasteiger partial charge in [-0.25, -0.2) is 9.59 Å². The molecule has 0 aromatic carbocycles. The number of hydrogen-bond acceptors (Lipinski definition) is 3. The van der Waals surface area contributed by atoms with Gasteiger partial charge in [-0.3, -0.25) is 0 Å². The van der Waals surface area contributed by atoms with Crippen molar-refractivity contribution >= 4 is 12.0 Å². The number of aliphatic carboxylic acids is 1. The number of carbonyl (C=O) groups excluding carboxylic acids is 1. The van der Waals surface area contributed by atoms with Gasteiger partial charge < -0.3 is 20.1 Å². The van der Waals surface area contributed by atoms with E-state index in [1.54, 1.807) is 11.9 Å². The normalized spacial score (nSPS) is 28.5. The van der Waals surface area contributed by atoms with Crippen LogP contribution in [0.25, 0.3) is 0 Å². The average Bonchev–Trinajstić information content (AvgIpc) is 2.64. The van der Waals surface area contributed by atoms with Crippen molar-refractivity contribution in [3.05, 3.63) is 0 Å². The second-order valence-corrected chi connectivity index (χ2v) is 4.82. The Kier molecular flexibility index (Phi) is 3.24. The molecule has 1 heterocycles. The summed E-state index contributed by atoms with van der Waals surface area (Å²) >= 11 is 0. The first kappa shape index (κ1) is 12.2. The number of amides is 2. The molecule has 1 aliphatic heterocycles. The number of ether oxygens (including phenoxy) is 1. The Bertz CT molecular complexity index is 321. The number of rotatable bonds is 3. The molecule has 1 atom stereocenters. The summed E-state index contributed by atoms with van der Waals surface area (Å²) in [7, 11) is 1.71. The Morgan fingerprint density at radius 3 is 2.59 bits per heavy atom. The van der Waals surface area contributed by atoms with E-state index >= 15 is 0 Å². The fourth-order valence-corrected chi connectivity index (χ4v) is 2.12. The standard InChI is InChI=1S/C11H18N2O4/c1-13(8-3-2-4-8)10(16)12-11(9(14)15)5-6-17-7-11/h8H,2-7H2,1H3,(H,12,16)(H,14,15). The lowest BCUT2D eigenvalue weighted by molar-refractivity contribution is -0.144. The summed E-state index contributed by atoms with van der Waals surface area (Å²) in [5.74, 6) is -1.02. The van der Waals surface area contributed by atoms with Crippen LogP contribution in [-0.4, -0.2) is 53.8 Å². The van der Waals surface area contributed by atoms with Crippen LogP contribution in [0, 0.1) is 0 Å². The summed E-state index contributed by atoms with van der Waals surface area (Å²) < 4.78 is 5.09. The van der Waals surface area contributed by atoms with Crippen LogP contribution >= 0.6 is 0 Å². The third-order valence-corrected chi connectivity index (χ3v) is 3.72. The van der Waals surface area contributed by atoms with Gasteiger partial charge >= 0.3 is 12.0 Å². The molecule has 2 N–H and O–H groups in total. The van der Waals surface area contributed by atoms with Crippen molar-refractivity contribution in [2.45, 2.75) is 37.3 Å². The molecule has 6 nitrogen and oxygen atoms in total. The van der Waals surface area contributed by atoms with E-state index in [0.717, 1.165) is 19.3 Å². The van der Waals surface area contributed by atoms with Crippen LogP contribution < -0.4 is 5.32 Å². The lowest BCUT2D eigenvalue weighted by Crippen LogP contribution is -2.59. The molecule has 0 radical (unpaired) electrons. The fraction of sp³-hybridized carbons (Fsp3) is 0.818. The molecule has 1 aliphatic carbocycles. The van der Waals surface area contributed by atoms with Crippen LogP contribution in [0.3, 0.4) is 0 Å². The van der Waals surface area contributed by atoms with Gasteiger partial charge in [0.2, 0.25) is 0 Å². The molecular formula is C11H18N2O4. The Balaban J connectivity index is 1.98. The smallest absolute Gasteiger partial charge is 0.332 e. The number of urea groups is 1. The van der Waals surface area contributed by atoms with Gasteiger partial charge in [-0.2, -0.15) is 0 Å². The van der Waals surface area contributed by atoms with E-state index in [4.69, 9.17) is 4.74 Å². The maximum absolute atomic E-state index is 11.9. The summed E-state index contributed by atoms with van der Waals surface area (Å²) in [5.41, 5.74) is -1.24. The predicted molar refractivity (Wildman–Crippen MR) is 59.7 cm³/mol. The summed E-state index contributed by atoms with van der Waals surface area (Å²) in [5, 5.41) is 11.8. The Morgan fingerprint density at radius 2 is 2.18 bits per heavy atom. The molecule has 17 heavy (non-hydrogen) atoms. The highest BCUT2D eigenvalue weighted by Crippen LogP contribution is 2.25. The molecule has 0 spiro atoms. The second kappa shape index (κ2) is 4.52. The molecule has 1 saturated carbocycles. The molecule has 2 amide bonds. The highest BCUT2D eigenvalue weighted by molar-refractivity contribution is 5.86. The monoisotopic (exact) mass is 242 g/mol. The quantitative estimate of drug-likeness (QED) is 0.752. The maximum atomic E-state index is 11.9. The van der Waals surface area contributed by atoms with E-state index in [0.29, 0.717) is 13.0 Å². The minimum atomic E-state index is -1.24. The van der Waals surface area contributed by atoms with E-state index < -0.39 is 11.5 Å². The number of carboxylic acid groups (broad SMARTS) is 1. The zero-order chi connectivity index (χ0) is 12.5. The summed E-state index contributed by atoms with van der Waals surface area (Å²) in [4.78, 5) is 24.8. The molecule has 0 bridgehead atoms. The molecule has 1 saturated heterocycles. The summed E-state index contributed by atoms with van der Waals surface area (Å²) in [6, 6.07) is -0.0641. The van der Waals surface area contributed by atoms with Gasteiger partial charge in [0.1, 0.15) is 0 Å². The first-order chi connectivity index (χ1) is 8.05. The largest absolute Gasteiger partial charge is 0.479 e. The van der Waals surface area contributed by atoms with Crippen molar-refractivity contribution in [2.24, 2.45) is 0 Å². The number of carbonyl (C=O) groups is 2. The van der Waals surface area contributed by atoms with E-state index in [9.17, 15) is 14.7 Å². The van der Waals surface area contributed by atoms with Gasteiger partial charge in [0, 0.05) is 26.1 Å². The molecule has 2 aliphatic rings. The molecule has 96 valence electrons. The maximum Gasteiger partial charge on any atom is 0.332 e. The van der Waals surface area contributed by atoms with E-state index in [1.165, 1.54) is 0 Å². The van der Waals surface area contributed by atoms with Gasteiger partial charge in [0.05, 0.1) is 6.61 Å². The van der Waals surface area contributed by atoms with Crippen LogP contribution in [0.2, 0.25) is 0 Å². The fourth-order valence-electron chi connectivity index (χ4n) is 2.12. The molecule has 2 fully saturated rings. The summed E-state index contributed by atoms with van der Waals surface area (Å²) in [6.45, 7) is 0.423. The Morgan fingerprint density at radius 1 is 1.47 bits per heavy atom. The predicted octanol–water partition coefficient (Wildman–Crippen LogP) is 0.424. The molecule has 0 aromatic rings. The zero-order valence-electron chi connectivity index (χ0n) is 9.94. The van der Waals surface area contributed by atoms with Crippen molar-refractivity contribution in [3.63, 3.8) is 0 Å². The van der Waals surface area contributed by atoms with Gasteiger partial charge in [-0.15, -0.1) is 0 Å². The van der Waals surface area contributed by atoms with Crippen LogP contribution in [-0.2, 0) is 9.53 Å². The van der Waals surface area contributed by atoms with Crippen LogP contribution in [0.4, 0.5) is 4.79 Å². The zero-order valence-corrected chi connectivity index (χ0v) is 9.94. The van der Waals surface area contributed by atoms with Crippen molar-refractivity contribution in [2.75, 3.05) is 20.3 Å². The van der Waals surface area contributed by atoms with Crippen molar-refractivity contribution in [1.82, 2.24) is 10.2 Å². The molecule has 6 heteroatoms. The SMILES string of the molecule is CN(C(=O)NC1(C(=O)O)CCOC1)C1CCC1. The first-order valence-corrected chi connectivity index (χ1v) is 5.91. The molecule has 2 rings (SSSR count). The Labute approximate surface area is 99.9 Å². The number of nitrogens with one attached hydrogen (secondary N) is 1. The van der Waals surface area contributed by atoms with Crippen molar-refractivity contribution in [1.29, 1.82) is 0 Å². The number of carboxylic acids is 1. The molecule has 1 unspecified atom stereocenters. The number of hydrogen-bond donors (Lipinski definition) is 2. The topological polar surface area (TPSA) is 78.9 Å². The van der Waals surface area contributed by atoms with E-state index in [2.05, 4.69) is 5.32 Å². The van der Waals surface area contributed by atoms with Crippen LogP contribution in [0.15, 0.2) is 0 Å². The minimum absolute atomic E-state index is 0.0482. The highest BCUT2D eigenvalue weighted by atomic mass is 16.5. The average molecular weight is 242 g/mol. The van der Waals surface area contributed by atoms with Gasteiger partial charge in [0.15, 0.2) is 5.54 Å². The first-order valence-electron chi connectivity index (χ1n) is 5.91. The Hall–Kier alpha value is -1.30. The van der Waals surface area contributed by atoms with E-state index in [-0.39, 0.29) is 18.7 Å². The third kappa shape index (κ3) is 2.22. The molecular weight excluding hydrogens is 224 g/mol. The van der Waals surface area contributed by atoms with E-state index in [1.807, 2.05) is 0 Å². The lowest BCUT2D eigenvalue weighted by atomic mass is 9.92. The summed E-state index contributed by atoms with van der Waals surface area (Å²) in [6.07, 6.45) is 3.46. The van der Waals surface area contributed by atoms with Crippen LogP contribution in [0.5, 0.6) is 0 Å². The number of nitrogens with zero attached hydrogens (tertiary/aromatic N) is 1. The second-order valence-electron chi connectivity index (χ2n) is 4.82. The minimum Gasteiger partial charge on any atom is -0.479 e. The molecule has 0 aromatic heterocycles. The van der Waals surface area contributed by atoms with Gasteiger partial charge in [0.25, 0.3) is 0 Å². The van der Waals surface area contributed by atoms with Gasteiger partial charge in [-0.05, 0) is 19.3 Å². The lowest BCUT2D eigenvalue weighted by Gasteiger charge is -2.36. The van der Waals surface area contributed by atoms with Gasteiger partial charge in [-0.1, -0.05) is 0 Å².